The molecule has 29 heavy (non-hydrogen) atoms. The van der Waals surface area contributed by atoms with Gasteiger partial charge in [0.25, 0.3) is 0 Å². The van der Waals surface area contributed by atoms with Crippen molar-refractivity contribution in [3.05, 3.63) is 69.2 Å². The van der Waals surface area contributed by atoms with Gasteiger partial charge in [0.2, 0.25) is 11.8 Å². The van der Waals surface area contributed by atoms with Crippen LogP contribution in [0, 0.1) is 6.92 Å². The standard InChI is InChI=1S/C23H28Cl2N2O2/c1-4-14-26-23(29)17(3)27(15-19-20(24)6-5-7-21(19)25)22(28)13-12-18-10-8-16(2)9-11-18/h5-11,17H,4,12-15H2,1-3H3,(H,26,29)/t17-/m1/s1. The first-order valence-electron chi connectivity index (χ1n) is 9.89. The fourth-order valence-electron chi connectivity index (χ4n) is 2.98. The Kier molecular flexibility index (Phi) is 8.99. The Morgan fingerprint density at radius 1 is 1.07 bits per heavy atom. The van der Waals surface area contributed by atoms with Crippen molar-refractivity contribution in [1.82, 2.24) is 10.2 Å². The van der Waals surface area contributed by atoms with Crippen molar-refractivity contribution in [2.24, 2.45) is 0 Å². The van der Waals surface area contributed by atoms with Gasteiger partial charge in [-0.05, 0) is 44.4 Å². The van der Waals surface area contributed by atoms with Crippen LogP contribution in [0.25, 0.3) is 0 Å². The molecule has 1 N–H and O–H groups in total. The monoisotopic (exact) mass is 434 g/mol. The predicted octanol–water partition coefficient (Wildman–Crippen LogP) is 5.18. The molecule has 0 saturated heterocycles. The highest BCUT2D eigenvalue weighted by molar-refractivity contribution is 6.36. The van der Waals surface area contributed by atoms with Gasteiger partial charge in [0.05, 0.1) is 0 Å². The number of hydrogen-bond donors (Lipinski definition) is 1. The van der Waals surface area contributed by atoms with Crippen LogP contribution < -0.4 is 5.32 Å². The molecule has 4 nitrogen and oxygen atoms in total. The predicted molar refractivity (Wildman–Crippen MR) is 119 cm³/mol. The summed E-state index contributed by atoms with van der Waals surface area (Å²) in [6, 6.07) is 12.7. The Morgan fingerprint density at radius 2 is 1.69 bits per heavy atom. The van der Waals surface area contributed by atoms with Crippen LogP contribution in [0.4, 0.5) is 0 Å². The topological polar surface area (TPSA) is 49.4 Å². The molecule has 2 amide bonds. The van der Waals surface area contributed by atoms with Crippen LogP contribution in [0.2, 0.25) is 10.0 Å². The quantitative estimate of drug-likeness (QED) is 0.590. The maximum Gasteiger partial charge on any atom is 0.242 e. The molecule has 0 aliphatic rings. The van der Waals surface area contributed by atoms with Gasteiger partial charge in [-0.3, -0.25) is 9.59 Å². The highest BCUT2D eigenvalue weighted by atomic mass is 35.5. The second-order valence-electron chi connectivity index (χ2n) is 7.17. The van der Waals surface area contributed by atoms with E-state index in [4.69, 9.17) is 23.2 Å². The SMILES string of the molecule is CCCNC(=O)[C@@H](C)N(Cc1c(Cl)cccc1Cl)C(=O)CCc1ccc(C)cc1. The van der Waals surface area contributed by atoms with E-state index in [1.54, 1.807) is 30.0 Å². The third-order valence-corrected chi connectivity index (χ3v) is 5.56. The van der Waals surface area contributed by atoms with Crippen LogP contribution in [0.1, 0.15) is 43.4 Å². The van der Waals surface area contributed by atoms with Crippen LogP contribution >= 0.6 is 23.2 Å². The summed E-state index contributed by atoms with van der Waals surface area (Å²) in [6.07, 6.45) is 1.74. The molecule has 0 aliphatic heterocycles. The van der Waals surface area contributed by atoms with Crippen molar-refractivity contribution in [3.63, 3.8) is 0 Å². The Hall–Kier alpha value is -2.04. The van der Waals surface area contributed by atoms with Crippen LogP contribution in [0.3, 0.4) is 0 Å². The number of benzene rings is 2. The van der Waals surface area contributed by atoms with Crippen LogP contribution in [0.5, 0.6) is 0 Å². The van der Waals surface area contributed by atoms with E-state index in [0.29, 0.717) is 35.0 Å². The number of carbonyl (C=O) groups excluding carboxylic acids is 2. The second-order valence-corrected chi connectivity index (χ2v) is 7.99. The van der Waals surface area contributed by atoms with Crippen molar-refractivity contribution in [2.45, 2.75) is 52.6 Å². The number of halogens is 2. The van der Waals surface area contributed by atoms with Crippen molar-refractivity contribution < 1.29 is 9.59 Å². The zero-order valence-electron chi connectivity index (χ0n) is 17.2. The fourth-order valence-corrected chi connectivity index (χ4v) is 3.50. The Morgan fingerprint density at radius 3 is 2.28 bits per heavy atom. The largest absolute Gasteiger partial charge is 0.354 e. The maximum absolute atomic E-state index is 13.1. The molecule has 0 aromatic heterocycles. The number of carbonyl (C=O) groups is 2. The number of nitrogens with one attached hydrogen (secondary N) is 1. The number of nitrogens with zero attached hydrogens (tertiary/aromatic N) is 1. The van der Waals surface area contributed by atoms with Gasteiger partial charge in [-0.15, -0.1) is 0 Å². The molecule has 0 aliphatic carbocycles. The maximum atomic E-state index is 13.1. The van der Waals surface area contributed by atoms with Crippen LogP contribution in [0.15, 0.2) is 42.5 Å². The lowest BCUT2D eigenvalue weighted by Crippen LogP contribution is -2.47. The minimum atomic E-state index is -0.626. The molecule has 156 valence electrons. The Balaban J connectivity index is 2.19. The van der Waals surface area contributed by atoms with Gasteiger partial charge in [-0.1, -0.05) is 66.0 Å². The molecule has 0 bridgehead atoms. The van der Waals surface area contributed by atoms with E-state index >= 15 is 0 Å². The zero-order valence-corrected chi connectivity index (χ0v) is 18.7. The summed E-state index contributed by atoms with van der Waals surface area (Å²) in [5, 5.41) is 3.83. The summed E-state index contributed by atoms with van der Waals surface area (Å²) in [5.41, 5.74) is 2.91. The van der Waals surface area contributed by atoms with Gasteiger partial charge >= 0.3 is 0 Å². The lowest BCUT2D eigenvalue weighted by Gasteiger charge is -2.29. The van der Waals surface area contributed by atoms with Gasteiger partial charge in [0, 0.05) is 35.1 Å². The molecule has 0 fully saturated rings. The van der Waals surface area contributed by atoms with Crippen molar-refractivity contribution in [1.29, 1.82) is 0 Å². The lowest BCUT2D eigenvalue weighted by molar-refractivity contribution is -0.140. The Labute approximate surface area is 183 Å². The van der Waals surface area contributed by atoms with E-state index in [-0.39, 0.29) is 18.4 Å². The summed E-state index contributed by atoms with van der Waals surface area (Å²) in [7, 11) is 0. The number of aryl methyl sites for hydroxylation is 2. The Bertz CT molecular complexity index is 817. The lowest BCUT2D eigenvalue weighted by atomic mass is 10.1. The molecule has 0 unspecified atom stereocenters. The van der Waals surface area contributed by atoms with Gasteiger partial charge in [0.1, 0.15) is 6.04 Å². The van der Waals surface area contributed by atoms with E-state index in [0.717, 1.165) is 12.0 Å². The van der Waals surface area contributed by atoms with Gasteiger partial charge in [-0.2, -0.15) is 0 Å². The molecular formula is C23H28Cl2N2O2. The third kappa shape index (κ3) is 6.76. The molecule has 2 aromatic rings. The fraction of sp³-hybridized carbons (Fsp3) is 0.391. The molecule has 0 saturated carbocycles. The molecule has 0 heterocycles. The first-order chi connectivity index (χ1) is 13.8. The minimum absolute atomic E-state index is 0.110. The first-order valence-corrected chi connectivity index (χ1v) is 10.6. The number of hydrogen-bond acceptors (Lipinski definition) is 2. The molecule has 1 atom stereocenters. The molecule has 0 radical (unpaired) electrons. The van der Waals surface area contributed by atoms with Gasteiger partial charge in [0.15, 0.2) is 0 Å². The summed E-state index contributed by atoms with van der Waals surface area (Å²) < 4.78 is 0. The highest BCUT2D eigenvalue weighted by Crippen LogP contribution is 2.27. The summed E-state index contributed by atoms with van der Waals surface area (Å²) in [5.74, 6) is -0.292. The molecular weight excluding hydrogens is 407 g/mol. The highest BCUT2D eigenvalue weighted by Gasteiger charge is 2.27. The van der Waals surface area contributed by atoms with Crippen LogP contribution in [-0.4, -0.2) is 29.3 Å². The van der Waals surface area contributed by atoms with E-state index in [1.807, 2.05) is 38.1 Å². The molecule has 6 heteroatoms. The van der Waals surface area contributed by atoms with E-state index in [2.05, 4.69) is 5.32 Å². The molecule has 2 rings (SSSR count). The average Bonchev–Trinajstić information content (AvgIpc) is 2.70. The van der Waals surface area contributed by atoms with Crippen molar-refractivity contribution >= 4 is 35.0 Å². The zero-order chi connectivity index (χ0) is 21.4. The molecule has 2 aromatic carbocycles. The van der Waals surface area contributed by atoms with Crippen LogP contribution in [-0.2, 0) is 22.6 Å². The second kappa shape index (κ2) is 11.2. The summed E-state index contributed by atoms with van der Waals surface area (Å²) >= 11 is 12.6. The van der Waals surface area contributed by atoms with Gasteiger partial charge < -0.3 is 10.2 Å². The van der Waals surface area contributed by atoms with Gasteiger partial charge in [-0.25, -0.2) is 0 Å². The summed E-state index contributed by atoms with van der Waals surface area (Å²) in [4.78, 5) is 27.2. The third-order valence-electron chi connectivity index (χ3n) is 4.85. The van der Waals surface area contributed by atoms with Crippen molar-refractivity contribution in [2.75, 3.05) is 6.54 Å². The normalized spacial score (nSPS) is 11.8. The van der Waals surface area contributed by atoms with E-state index in [9.17, 15) is 9.59 Å². The van der Waals surface area contributed by atoms with Crippen molar-refractivity contribution in [3.8, 4) is 0 Å². The molecule has 0 spiro atoms. The smallest absolute Gasteiger partial charge is 0.242 e. The average molecular weight is 435 g/mol. The summed E-state index contributed by atoms with van der Waals surface area (Å²) in [6.45, 7) is 6.51. The number of amides is 2. The first kappa shape index (κ1) is 23.2. The minimum Gasteiger partial charge on any atom is -0.354 e. The van der Waals surface area contributed by atoms with E-state index in [1.165, 1.54) is 5.56 Å². The van der Waals surface area contributed by atoms with E-state index < -0.39 is 6.04 Å². The number of rotatable bonds is 9.